The molecular weight excluding hydrogens is 242 g/mol. The highest BCUT2D eigenvalue weighted by Gasteiger charge is 2.22. The van der Waals surface area contributed by atoms with Crippen molar-refractivity contribution in [1.82, 2.24) is 5.32 Å². The molecule has 1 aliphatic carbocycles. The molecule has 1 saturated carbocycles. The van der Waals surface area contributed by atoms with E-state index in [0.29, 0.717) is 18.9 Å². The Hall–Kier alpha value is -0.610. The molecule has 0 spiro atoms. The summed E-state index contributed by atoms with van der Waals surface area (Å²) in [5.41, 5.74) is 0. The van der Waals surface area contributed by atoms with Crippen LogP contribution in [0.1, 0.15) is 52.9 Å². The summed E-state index contributed by atoms with van der Waals surface area (Å²) in [6.07, 6.45) is 5.41. The first kappa shape index (κ1) is 16.4. The maximum atomic E-state index is 11.7. The van der Waals surface area contributed by atoms with Crippen molar-refractivity contribution in [3.63, 3.8) is 0 Å². The molecule has 1 amide bonds. The lowest BCUT2D eigenvalue weighted by atomic mass is 9.88. The smallest absolute Gasteiger partial charge is 0.246 e. The first-order valence-corrected chi connectivity index (χ1v) is 7.55. The van der Waals surface area contributed by atoms with Crippen LogP contribution < -0.4 is 5.32 Å². The second kappa shape index (κ2) is 8.54. The van der Waals surface area contributed by atoms with Crippen LogP contribution in [0.3, 0.4) is 0 Å². The number of carbonyl (C=O) groups is 1. The number of rotatable bonds is 7. The zero-order valence-corrected chi connectivity index (χ0v) is 12.5. The van der Waals surface area contributed by atoms with Gasteiger partial charge in [-0.2, -0.15) is 0 Å². The lowest BCUT2D eigenvalue weighted by molar-refractivity contribution is -0.129. The third kappa shape index (κ3) is 6.92. The molecule has 4 atom stereocenters. The van der Waals surface area contributed by atoms with E-state index >= 15 is 0 Å². The lowest BCUT2D eigenvalue weighted by Gasteiger charge is -2.28. The zero-order chi connectivity index (χ0) is 14.3. The summed E-state index contributed by atoms with van der Waals surface area (Å²) in [6, 6.07) is 0. The van der Waals surface area contributed by atoms with Gasteiger partial charge in [0.05, 0.1) is 12.2 Å². The second-order valence-electron chi connectivity index (χ2n) is 6.11. The second-order valence-corrected chi connectivity index (χ2v) is 6.11. The van der Waals surface area contributed by atoms with Crippen LogP contribution in [0.15, 0.2) is 0 Å². The van der Waals surface area contributed by atoms with Crippen molar-refractivity contribution in [2.75, 3.05) is 13.2 Å². The number of nitrogens with one attached hydrogen (secondary N) is 1. The summed E-state index contributed by atoms with van der Waals surface area (Å²) >= 11 is 0. The van der Waals surface area contributed by atoms with Crippen LogP contribution in [-0.2, 0) is 9.53 Å². The summed E-state index contributed by atoms with van der Waals surface area (Å²) in [6.45, 7) is 6.76. The molecule has 0 saturated heterocycles. The molecule has 19 heavy (non-hydrogen) atoms. The quantitative estimate of drug-likeness (QED) is 0.745. The molecule has 0 heterocycles. The first-order valence-electron chi connectivity index (χ1n) is 7.55. The van der Waals surface area contributed by atoms with Crippen molar-refractivity contribution in [1.29, 1.82) is 0 Å². The molecule has 112 valence electrons. The van der Waals surface area contributed by atoms with Gasteiger partial charge in [0.2, 0.25) is 5.91 Å². The van der Waals surface area contributed by atoms with Crippen LogP contribution in [0, 0.1) is 11.8 Å². The number of ether oxygens (including phenoxy) is 1. The van der Waals surface area contributed by atoms with E-state index in [2.05, 4.69) is 12.2 Å². The number of aliphatic hydroxyl groups excluding tert-OH is 1. The van der Waals surface area contributed by atoms with Gasteiger partial charge in [0.1, 0.15) is 6.61 Å². The molecule has 0 radical (unpaired) electrons. The minimum atomic E-state index is -0.314. The zero-order valence-electron chi connectivity index (χ0n) is 12.5. The molecule has 0 aliphatic heterocycles. The molecule has 1 aliphatic rings. The fraction of sp³-hybridized carbons (Fsp3) is 0.933. The predicted molar refractivity (Wildman–Crippen MR) is 75.8 cm³/mol. The standard InChI is InChI=1S/C15H29NO3/c1-11(8-13(3)17)9-16-15(18)10-19-14-7-5-4-6-12(14)2/h11-14,17H,4-10H2,1-3H3,(H,16,18). The molecule has 1 fully saturated rings. The fourth-order valence-electron chi connectivity index (χ4n) is 2.72. The third-order valence-electron chi connectivity index (χ3n) is 3.85. The van der Waals surface area contributed by atoms with Gasteiger partial charge in [-0.05, 0) is 38.0 Å². The first-order chi connectivity index (χ1) is 8.99. The molecule has 4 heteroatoms. The summed E-state index contributed by atoms with van der Waals surface area (Å²) in [7, 11) is 0. The highest BCUT2D eigenvalue weighted by molar-refractivity contribution is 5.77. The number of aliphatic hydroxyl groups is 1. The van der Waals surface area contributed by atoms with Gasteiger partial charge in [-0.1, -0.05) is 26.7 Å². The molecule has 0 aromatic heterocycles. The summed E-state index contributed by atoms with van der Waals surface area (Å²) < 4.78 is 5.71. The fourth-order valence-corrected chi connectivity index (χ4v) is 2.72. The number of hydrogen-bond acceptors (Lipinski definition) is 3. The van der Waals surface area contributed by atoms with Gasteiger partial charge in [-0.25, -0.2) is 0 Å². The normalized spacial score (nSPS) is 26.7. The molecule has 1 rings (SSSR count). The number of carbonyl (C=O) groups excluding carboxylic acids is 1. The molecule has 2 N–H and O–H groups in total. The molecule has 0 aromatic carbocycles. The van der Waals surface area contributed by atoms with Crippen molar-refractivity contribution in [2.24, 2.45) is 11.8 Å². The van der Waals surface area contributed by atoms with Crippen LogP contribution in [0.4, 0.5) is 0 Å². The molecule has 0 bridgehead atoms. The van der Waals surface area contributed by atoms with E-state index in [1.165, 1.54) is 19.3 Å². The minimum absolute atomic E-state index is 0.0461. The Labute approximate surface area is 116 Å². The molecule has 4 unspecified atom stereocenters. The minimum Gasteiger partial charge on any atom is -0.393 e. The lowest BCUT2D eigenvalue weighted by Crippen LogP contribution is -2.35. The van der Waals surface area contributed by atoms with Crippen molar-refractivity contribution in [2.45, 2.75) is 65.1 Å². The monoisotopic (exact) mass is 271 g/mol. The Morgan fingerprint density at radius 3 is 2.68 bits per heavy atom. The van der Waals surface area contributed by atoms with Crippen LogP contribution in [0.5, 0.6) is 0 Å². The topological polar surface area (TPSA) is 58.6 Å². The Bertz CT molecular complexity index is 268. The SMILES string of the molecule is CC(O)CC(C)CNC(=O)COC1CCCCC1C. The molecule has 4 nitrogen and oxygen atoms in total. The van der Waals surface area contributed by atoms with Gasteiger partial charge < -0.3 is 15.2 Å². The number of hydrogen-bond donors (Lipinski definition) is 2. The van der Waals surface area contributed by atoms with E-state index in [1.54, 1.807) is 6.92 Å². The Morgan fingerprint density at radius 1 is 1.37 bits per heavy atom. The van der Waals surface area contributed by atoms with E-state index in [9.17, 15) is 9.90 Å². The van der Waals surface area contributed by atoms with Crippen molar-refractivity contribution in [3.05, 3.63) is 0 Å². The van der Waals surface area contributed by atoms with E-state index in [0.717, 1.165) is 6.42 Å². The predicted octanol–water partition coefficient (Wildman–Crippen LogP) is 2.10. The highest BCUT2D eigenvalue weighted by Crippen LogP contribution is 2.26. The average Bonchev–Trinajstić information content (AvgIpc) is 2.34. The highest BCUT2D eigenvalue weighted by atomic mass is 16.5. The van der Waals surface area contributed by atoms with Crippen molar-refractivity contribution >= 4 is 5.91 Å². The van der Waals surface area contributed by atoms with Crippen molar-refractivity contribution < 1.29 is 14.6 Å². The Morgan fingerprint density at radius 2 is 2.05 bits per heavy atom. The van der Waals surface area contributed by atoms with Gasteiger partial charge in [0, 0.05) is 6.54 Å². The van der Waals surface area contributed by atoms with Gasteiger partial charge >= 0.3 is 0 Å². The van der Waals surface area contributed by atoms with E-state index < -0.39 is 0 Å². The van der Waals surface area contributed by atoms with Gasteiger partial charge in [0.15, 0.2) is 0 Å². The van der Waals surface area contributed by atoms with Crippen LogP contribution in [-0.4, -0.2) is 36.4 Å². The third-order valence-corrected chi connectivity index (χ3v) is 3.85. The van der Waals surface area contributed by atoms with E-state index in [4.69, 9.17) is 4.74 Å². The molecular formula is C15H29NO3. The van der Waals surface area contributed by atoms with Crippen molar-refractivity contribution in [3.8, 4) is 0 Å². The summed E-state index contributed by atoms with van der Waals surface area (Å²) in [5, 5.41) is 12.1. The van der Waals surface area contributed by atoms with Crippen LogP contribution >= 0.6 is 0 Å². The summed E-state index contributed by atoms with van der Waals surface area (Å²) in [4.78, 5) is 11.7. The Kier molecular flexibility index (Phi) is 7.39. The van der Waals surface area contributed by atoms with E-state index in [-0.39, 0.29) is 30.6 Å². The maximum Gasteiger partial charge on any atom is 0.246 e. The van der Waals surface area contributed by atoms with E-state index in [1.807, 2.05) is 6.92 Å². The Balaban J connectivity index is 2.13. The van der Waals surface area contributed by atoms with Gasteiger partial charge in [0.25, 0.3) is 0 Å². The van der Waals surface area contributed by atoms with Crippen LogP contribution in [0.2, 0.25) is 0 Å². The average molecular weight is 271 g/mol. The number of amides is 1. The summed E-state index contributed by atoms with van der Waals surface area (Å²) in [5.74, 6) is 0.809. The maximum absolute atomic E-state index is 11.7. The van der Waals surface area contributed by atoms with Crippen LogP contribution in [0.25, 0.3) is 0 Å². The molecule has 0 aromatic rings. The van der Waals surface area contributed by atoms with Gasteiger partial charge in [-0.15, -0.1) is 0 Å². The van der Waals surface area contributed by atoms with Gasteiger partial charge in [-0.3, -0.25) is 4.79 Å². The largest absolute Gasteiger partial charge is 0.393 e.